The number of aromatic nitrogens is 2. The standard InChI is InChI=1S/C24H25ClFN5O3/c1-24(2,3)34-23(33)31-10-4-5-20(31)22(32)30-14-7-9-19-16(11-14)21(28-13-27-19)29-15-6-8-18(26)17(25)12-15/h6-9,11-13,20H,4-5,10H2,1-3H3,(H,30,32)(H,27,28,29)/t20-/m0/s1. The van der Waals surface area contributed by atoms with Gasteiger partial charge in [0.15, 0.2) is 0 Å². The van der Waals surface area contributed by atoms with Crippen LogP contribution < -0.4 is 10.6 Å². The minimum absolute atomic E-state index is 0.0116. The van der Waals surface area contributed by atoms with E-state index in [9.17, 15) is 14.0 Å². The first-order valence-electron chi connectivity index (χ1n) is 10.9. The van der Waals surface area contributed by atoms with E-state index in [0.29, 0.717) is 41.1 Å². The van der Waals surface area contributed by atoms with Crippen molar-refractivity contribution >= 4 is 51.7 Å². The predicted octanol–water partition coefficient (Wildman–Crippen LogP) is 5.50. The summed E-state index contributed by atoms with van der Waals surface area (Å²) in [6.45, 7) is 5.84. The second-order valence-corrected chi connectivity index (χ2v) is 9.44. The maximum Gasteiger partial charge on any atom is 0.410 e. The average molecular weight is 486 g/mol. The molecule has 8 nitrogen and oxygen atoms in total. The molecule has 2 N–H and O–H groups in total. The smallest absolute Gasteiger partial charge is 0.410 e. The highest BCUT2D eigenvalue weighted by atomic mass is 35.5. The van der Waals surface area contributed by atoms with Crippen molar-refractivity contribution in [1.82, 2.24) is 14.9 Å². The van der Waals surface area contributed by atoms with E-state index in [2.05, 4.69) is 20.6 Å². The predicted molar refractivity (Wildman–Crippen MR) is 129 cm³/mol. The summed E-state index contributed by atoms with van der Waals surface area (Å²) in [6.07, 6.45) is 2.18. The molecule has 2 aromatic carbocycles. The number of nitrogens with one attached hydrogen (secondary N) is 2. The van der Waals surface area contributed by atoms with Crippen molar-refractivity contribution in [2.45, 2.75) is 45.3 Å². The minimum atomic E-state index is -0.642. The molecule has 0 radical (unpaired) electrons. The molecule has 178 valence electrons. The van der Waals surface area contributed by atoms with Gasteiger partial charge in [0.05, 0.1) is 10.5 Å². The van der Waals surface area contributed by atoms with Gasteiger partial charge in [-0.05, 0) is 70.0 Å². The van der Waals surface area contributed by atoms with Gasteiger partial charge in [0.25, 0.3) is 0 Å². The molecule has 0 unspecified atom stereocenters. The molecule has 1 saturated heterocycles. The second-order valence-electron chi connectivity index (χ2n) is 9.03. The molecule has 1 fully saturated rings. The van der Waals surface area contributed by atoms with Crippen molar-refractivity contribution in [3.8, 4) is 0 Å². The van der Waals surface area contributed by atoms with Crippen LogP contribution in [-0.2, 0) is 9.53 Å². The molecule has 4 rings (SSSR count). The van der Waals surface area contributed by atoms with E-state index < -0.39 is 23.6 Å². The molecule has 0 aliphatic carbocycles. The summed E-state index contributed by atoms with van der Waals surface area (Å²) in [5.41, 5.74) is 1.10. The molecule has 0 bridgehead atoms. The fourth-order valence-corrected chi connectivity index (χ4v) is 3.93. The zero-order valence-corrected chi connectivity index (χ0v) is 19.8. The van der Waals surface area contributed by atoms with Crippen LogP contribution in [0.15, 0.2) is 42.7 Å². The van der Waals surface area contributed by atoms with Crippen molar-refractivity contribution in [3.63, 3.8) is 0 Å². The van der Waals surface area contributed by atoms with Crippen molar-refractivity contribution in [1.29, 1.82) is 0 Å². The van der Waals surface area contributed by atoms with Crippen LogP contribution in [0.4, 0.5) is 26.4 Å². The van der Waals surface area contributed by atoms with Gasteiger partial charge in [-0.3, -0.25) is 9.69 Å². The first-order valence-corrected chi connectivity index (χ1v) is 11.3. The summed E-state index contributed by atoms with van der Waals surface area (Å²) in [4.78, 5) is 35.6. The molecule has 3 aromatic rings. The van der Waals surface area contributed by atoms with Crippen LogP contribution in [0.3, 0.4) is 0 Å². The molecule has 1 aliphatic rings. The number of carbonyl (C=O) groups is 2. The zero-order valence-electron chi connectivity index (χ0n) is 19.1. The Morgan fingerprint density at radius 3 is 2.65 bits per heavy atom. The van der Waals surface area contributed by atoms with Gasteiger partial charge in [-0.2, -0.15) is 0 Å². The normalized spacial score (nSPS) is 15.9. The Kier molecular flexibility index (Phi) is 6.56. The van der Waals surface area contributed by atoms with Gasteiger partial charge in [-0.1, -0.05) is 11.6 Å². The highest BCUT2D eigenvalue weighted by molar-refractivity contribution is 6.31. The summed E-state index contributed by atoms with van der Waals surface area (Å²) < 4.78 is 18.9. The number of amides is 2. The van der Waals surface area contributed by atoms with E-state index in [4.69, 9.17) is 16.3 Å². The monoisotopic (exact) mass is 485 g/mol. The molecule has 1 aliphatic heterocycles. The van der Waals surface area contributed by atoms with Crippen molar-refractivity contribution in [3.05, 3.63) is 53.6 Å². The van der Waals surface area contributed by atoms with E-state index in [-0.39, 0.29) is 10.9 Å². The van der Waals surface area contributed by atoms with E-state index in [1.54, 1.807) is 45.0 Å². The molecule has 2 amide bonds. The van der Waals surface area contributed by atoms with Crippen LogP contribution in [0, 0.1) is 5.82 Å². The fraction of sp³-hybridized carbons (Fsp3) is 0.333. The van der Waals surface area contributed by atoms with E-state index in [1.807, 2.05) is 0 Å². The Morgan fingerprint density at radius 1 is 1.15 bits per heavy atom. The SMILES string of the molecule is CC(C)(C)OC(=O)N1CCC[C@H]1C(=O)Nc1ccc2ncnc(Nc3ccc(F)c(Cl)c3)c2c1. The van der Waals surface area contributed by atoms with Crippen LogP contribution in [0.1, 0.15) is 33.6 Å². The molecule has 0 saturated carbocycles. The van der Waals surface area contributed by atoms with Gasteiger partial charge in [0.2, 0.25) is 5.91 Å². The lowest BCUT2D eigenvalue weighted by molar-refractivity contribution is -0.120. The van der Waals surface area contributed by atoms with Gasteiger partial charge in [0.1, 0.15) is 29.6 Å². The number of fused-ring (bicyclic) bond motifs is 1. The third-order valence-corrected chi connectivity index (χ3v) is 5.56. The summed E-state index contributed by atoms with van der Waals surface area (Å²) >= 11 is 5.88. The highest BCUT2D eigenvalue weighted by Gasteiger charge is 2.36. The van der Waals surface area contributed by atoms with Crippen LogP contribution in [-0.4, -0.2) is 45.1 Å². The lowest BCUT2D eigenvalue weighted by Crippen LogP contribution is -2.45. The number of rotatable bonds is 4. The van der Waals surface area contributed by atoms with Crippen molar-refractivity contribution in [2.24, 2.45) is 0 Å². The first kappa shape index (κ1) is 23.7. The van der Waals surface area contributed by atoms with Gasteiger partial charge >= 0.3 is 6.09 Å². The van der Waals surface area contributed by atoms with E-state index >= 15 is 0 Å². The molecule has 1 aromatic heterocycles. The van der Waals surface area contributed by atoms with E-state index in [0.717, 1.165) is 6.42 Å². The number of benzene rings is 2. The summed E-state index contributed by atoms with van der Waals surface area (Å²) in [5.74, 6) is -0.337. The van der Waals surface area contributed by atoms with Crippen molar-refractivity contribution in [2.75, 3.05) is 17.2 Å². The second kappa shape index (κ2) is 9.42. The molecular formula is C24H25ClFN5O3. The third kappa shape index (κ3) is 5.36. The minimum Gasteiger partial charge on any atom is -0.444 e. The lowest BCUT2D eigenvalue weighted by atomic mass is 10.1. The summed E-state index contributed by atoms with van der Waals surface area (Å²) in [6, 6.07) is 8.89. The number of carbonyl (C=O) groups excluding carboxylic acids is 2. The quantitative estimate of drug-likeness (QED) is 0.506. The lowest BCUT2D eigenvalue weighted by Gasteiger charge is -2.28. The maximum atomic E-state index is 13.5. The van der Waals surface area contributed by atoms with Crippen molar-refractivity contribution < 1.29 is 18.7 Å². The number of nitrogens with zero attached hydrogens (tertiary/aromatic N) is 3. The number of ether oxygens (including phenoxy) is 1. The number of hydrogen-bond acceptors (Lipinski definition) is 6. The Morgan fingerprint density at radius 2 is 1.91 bits per heavy atom. The first-order chi connectivity index (χ1) is 16.1. The van der Waals surface area contributed by atoms with Crippen LogP contribution in [0.2, 0.25) is 5.02 Å². The Hall–Kier alpha value is -3.46. The summed E-state index contributed by atoms with van der Waals surface area (Å²) in [5, 5.41) is 6.64. The Bertz CT molecular complexity index is 1250. The molecule has 1 atom stereocenters. The third-order valence-electron chi connectivity index (χ3n) is 5.27. The maximum absolute atomic E-state index is 13.5. The van der Waals surface area contributed by atoms with Gasteiger partial charge in [-0.25, -0.2) is 19.2 Å². The largest absolute Gasteiger partial charge is 0.444 e. The molecule has 0 spiro atoms. The fourth-order valence-electron chi connectivity index (χ4n) is 3.75. The molecule has 2 heterocycles. The molecular weight excluding hydrogens is 461 g/mol. The Labute approximate surface area is 201 Å². The van der Waals surface area contributed by atoms with Gasteiger partial charge in [-0.15, -0.1) is 0 Å². The zero-order chi connectivity index (χ0) is 24.5. The number of halogens is 2. The topological polar surface area (TPSA) is 96.5 Å². The highest BCUT2D eigenvalue weighted by Crippen LogP contribution is 2.28. The van der Waals surface area contributed by atoms with E-state index in [1.165, 1.54) is 23.4 Å². The molecule has 34 heavy (non-hydrogen) atoms. The van der Waals surface area contributed by atoms with Crippen LogP contribution >= 0.6 is 11.6 Å². The summed E-state index contributed by atoms with van der Waals surface area (Å²) in [7, 11) is 0. The number of hydrogen-bond donors (Lipinski definition) is 2. The Balaban J connectivity index is 1.54. The molecule has 10 heteroatoms. The number of anilines is 3. The van der Waals surface area contributed by atoms with Crippen LogP contribution in [0.25, 0.3) is 10.9 Å². The average Bonchev–Trinajstić information content (AvgIpc) is 3.26. The van der Waals surface area contributed by atoms with Gasteiger partial charge in [0, 0.05) is 23.3 Å². The van der Waals surface area contributed by atoms with Gasteiger partial charge < -0.3 is 15.4 Å². The number of likely N-dealkylation sites (tertiary alicyclic amines) is 1. The van der Waals surface area contributed by atoms with Crippen LogP contribution in [0.5, 0.6) is 0 Å².